The van der Waals surface area contributed by atoms with Gasteiger partial charge in [-0.15, -0.1) is 0 Å². The Bertz CT molecular complexity index is 882. The first kappa shape index (κ1) is 18.1. The average molecular weight is 369 g/mol. The molecule has 0 spiro atoms. The van der Waals surface area contributed by atoms with E-state index in [9.17, 15) is 13.2 Å². The lowest BCUT2D eigenvalue weighted by Crippen LogP contribution is -2.14. The largest absolute Gasteiger partial charge is 0.496 e. The molecule has 0 heterocycles. The van der Waals surface area contributed by atoms with Crippen molar-refractivity contribution in [3.63, 3.8) is 0 Å². The van der Waals surface area contributed by atoms with Gasteiger partial charge in [-0.25, -0.2) is 8.42 Å². The molecule has 0 aliphatic carbocycles. The minimum Gasteiger partial charge on any atom is -0.496 e. The zero-order chi connectivity index (χ0) is 17.9. The Balaban J connectivity index is 2.32. The smallest absolute Gasteiger partial charge is 0.261 e. The van der Waals surface area contributed by atoms with Gasteiger partial charge >= 0.3 is 0 Å². The quantitative estimate of drug-likeness (QED) is 0.846. The number of hydrogen-bond acceptors (Lipinski definition) is 4. The number of benzene rings is 2. The number of rotatable bonds is 5. The van der Waals surface area contributed by atoms with Crippen LogP contribution < -0.4 is 14.8 Å². The second kappa shape index (κ2) is 7.11. The highest BCUT2D eigenvalue weighted by atomic mass is 35.5. The maximum atomic E-state index is 12.5. The number of halogens is 1. The molecule has 0 fully saturated rings. The van der Waals surface area contributed by atoms with Gasteiger partial charge in [-0.3, -0.25) is 9.52 Å². The monoisotopic (exact) mass is 368 g/mol. The predicted molar refractivity (Wildman–Crippen MR) is 94.3 cm³/mol. The normalized spacial score (nSPS) is 11.0. The Hall–Kier alpha value is -2.25. The van der Waals surface area contributed by atoms with Crippen LogP contribution in [0, 0.1) is 6.92 Å². The van der Waals surface area contributed by atoms with Gasteiger partial charge in [0.05, 0.1) is 28.4 Å². The highest BCUT2D eigenvalue weighted by molar-refractivity contribution is 7.92. The number of methoxy groups -OCH3 is 1. The fourth-order valence-electron chi connectivity index (χ4n) is 2.11. The number of carbonyl (C=O) groups is 1. The average Bonchev–Trinajstić information content (AvgIpc) is 2.49. The summed E-state index contributed by atoms with van der Waals surface area (Å²) in [6.07, 6.45) is 0. The van der Waals surface area contributed by atoms with Crippen LogP contribution in [-0.4, -0.2) is 21.4 Å². The van der Waals surface area contributed by atoms with Crippen LogP contribution in [0.3, 0.4) is 0 Å². The first-order valence-electron chi connectivity index (χ1n) is 6.97. The van der Waals surface area contributed by atoms with Crippen molar-refractivity contribution in [3.8, 4) is 5.75 Å². The van der Waals surface area contributed by atoms with Crippen LogP contribution in [0.2, 0.25) is 5.02 Å². The molecule has 0 radical (unpaired) electrons. The lowest BCUT2D eigenvalue weighted by molar-refractivity contribution is -0.114. The van der Waals surface area contributed by atoms with Crippen molar-refractivity contribution in [3.05, 3.63) is 47.0 Å². The summed E-state index contributed by atoms with van der Waals surface area (Å²) < 4.78 is 32.6. The third kappa shape index (κ3) is 4.18. The molecular formula is C16H17ClN2O4S. The van der Waals surface area contributed by atoms with Crippen LogP contribution in [0.25, 0.3) is 0 Å². The standard InChI is InChI=1S/C16H17ClN2O4S/c1-10-8-13(5-7-16(10)23-3)24(21,22)19-12-4-6-14(17)15(9-12)18-11(2)20/h4-9,19H,1-3H3,(H,18,20). The van der Waals surface area contributed by atoms with Crippen molar-refractivity contribution in [2.45, 2.75) is 18.7 Å². The molecular weight excluding hydrogens is 352 g/mol. The van der Waals surface area contributed by atoms with E-state index in [1.54, 1.807) is 13.0 Å². The molecule has 2 rings (SSSR count). The van der Waals surface area contributed by atoms with Gasteiger partial charge < -0.3 is 10.1 Å². The molecule has 0 unspecified atom stereocenters. The molecule has 0 aliphatic rings. The van der Waals surface area contributed by atoms with Crippen LogP contribution in [0.15, 0.2) is 41.3 Å². The van der Waals surface area contributed by atoms with E-state index < -0.39 is 10.0 Å². The molecule has 8 heteroatoms. The van der Waals surface area contributed by atoms with Crippen LogP contribution in [-0.2, 0) is 14.8 Å². The van der Waals surface area contributed by atoms with Crippen molar-refractivity contribution in [2.24, 2.45) is 0 Å². The van der Waals surface area contributed by atoms with Gasteiger partial charge in [0.2, 0.25) is 5.91 Å². The highest BCUT2D eigenvalue weighted by Gasteiger charge is 2.16. The van der Waals surface area contributed by atoms with Gasteiger partial charge in [-0.2, -0.15) is 0 Å². The molecule has 6 nitrogen and oxygen atoms in total. The molecule has 0 bridgehead atoms. The van der Waals surface area contributed by atoms with E-state index in [0.717, 1.165) is 0 Å². The van der Waals surface area contributed by atoms with E-state index in [1.807, 2.05) is 0 Å². The topological polar surface area (TPSA) is 84.5 Å². The number of ether oxygens (including phenoxy) is 1. The van der Waals surface area contributed by atoms with Gasteiger partial charge in [-0.05, 0) is 48.9 Å². The zero-order valence-corrected chi connectivity index (χ0v) is 15.0. The summed E-state index contributed by atoms with van der Waals surface area (Å²) in [5, 5.41) is 2.85. The molecule has 2 aromatic rings. The first-order chi connectivity index (χ1) is 11.2. The fourth-order valence-corrected chi connectivity index (χ4v) is 3.41. The van der Waals surface area contributed by atoms with Crippen molar-refractivity contribution >= 4 is 38.9 Å². The van der Waals surface area contributed by atoms with E-state index in [4.69, 9.17) is 16.3 Å². The molecule has 0 aliphatic heterocycles. The number of amides is 1. The minimum absolute atomic E-state index is 0.108. The number of hydrogen-bond donors (Lipinski definition) is 2. The van der Waals surface area contributed by atoms with Crippen LogP contribution in [0.1, 0.15) is 12.5 Å². The van der Waals surface area contributed by atoms with Crippen LogP contribution >= 0.6 is 11.6 Å². The molecule has 0 aromatic heterocycles. The second-order valence-corrected chi connectivity index (χ2v) is 7.20. The molecule has 2 N–H and O–H groups in total. The van der Waals surface area contributed by atoms with Crippen molar-refractivity contribution in [1.29, 1.82) is 0 Å². The van der Waals surface area contributed by atoms with Gasteiger partial charge in [0.25, 0.3) is 10.0 Å². The van der Waals surface area contributed by atoms with Gasteiger partial charge in [-0.1, -0.05) is 11.6 Å². The van der Waals surface area contributed by atoms with E-state index in [2.05, 4.69) is 10.0 Å². The summed E-state index contributed by atoms with van der Waals surface area (Å²) in [5.41, 5.74) is 1.32. The van der Waals surface area contributed by atoms with Crippen molar-refractivity contribution in [1.82, 2.24) is 0 Å². The van der Waals surface area contributed by atoms with Gasteiger partial charge in [0.1, 0.15) is 5.75 Å². The Kier molecular flexibility index (Phi) is 5.36. The third-order valence-electron chi connectivity index (χ3n) is 3.21. The number of carbonyl (C=O) groups excluding carboxylic acids is 1. The molecule has 0 saturated carbocycles. The maximum Gasteiger partial charge on any atom is 0.261 e. The van der Waals surface area contributed by atoms with Gasteiger partial charge in [0, 0.05) is 6.92 Å². The number of nitrogens with one attached hydrogen (secondary N) is 2. The lowest BCUT2D eigenvalue weighted by Gasteiger charge is -2.12. The minimum atomic E-state index is -3.78. The van der Waals surface area contributed by atoms with Crippen LogP contribution in [0.5, 0.6) is 5.75 Å². The molecule has 0 atom stereocenters. The van der Waals surface area contributed by atoms with Crippen molar-refractivity contribution < 1.29 is 17.9 Å². The summed E-state index contributed by atoms with van der Waals surface area (Å²) >= 11 is 5.98. The van der Waals surface area contributed by atoms with E-state index >= 15 is 0 Å². The van der Waals surface area contributed by atoms with Crippen LogP contribution in [0.4, 0.5) is 11.4 Å². The fraction of sp³-hybridized carbons (Fsp3) is 0.188. The summed E-state index contributed by atoms with van der Waals surface area (Å²) in [7, 11) is -2.26. The zero-order valence-electron chi connectivity index (χ0n) is 13.4. The Labute approximate surface area is 145 Å². The highest BCUT2D eigenvalue weighted by Crippen LogP contribution is 2.28. The van der Waals surface area contributed by atoms with E-state index in [0.29, 0.717) is 22.0 Å². The molecule has 24 heavy (non-hydrogen) atoms. The summed E-state index contributed by atoms with van der Waals surface area (Å²) in [5.74, 6) is 0.302. The van der Waals surface area contributed by atoms with E-state index in [-0.39, 0.29) is 16.5 Å². The summed E-state index contributed by atoms with van der Waals surface area (Å²) in [4.78, 5) is 11.3. The summed E-state index contributed by atoms with van der Waals surface area (Å²) in [6.45, 7) is 3.10. The SMILES string of the molecule is COc1ccc(S(=O)(=O)Nc2ccc(Cl)c(NC(C)=O)c2)cc1C. The molecule has 128 valence electrons. The number of aryl methyl sites for hydroxylation is 1. The number of sulfonamides is 1. The first-order valence-corrected chi connectivity index (χ1v) is 8.83. The maximum absolute atomic E-state index is 12.5. The predicted octanol–water partition coefficient (Wildman–Crippen LogP) is 3.42. The Morgan fingerprint density at radius 1 is 1.17 bits per heavy atom. The third-order valence-corrected chi connectivity index (χ3v) is 4.91. The Morgan fingerprint density at radius 3 is 2.46 bits per heavy atom. The second-order valence-electron chi connectivity index (χ2n) is 5.11. The van der Waals surface area contributed by atoms with E-state index in [1.165, 1.54) is 44.4 Å². The molecule has 2 aromatic carbocycles. The Morgan fingerprint density at radius 2 is 1.88 bits per heavy atom. The van der Waals surface area contributed by atoms with Gasteiger partial charge in [0.15, 0.2) is 0 Å². The molecule has 1 amide bonds. The van der Waals surface area contributed by atoms with Crippen molar-refractivity contribution in [2.75, 3.05) is 17.1 Å². The lowest BCUT2D eigenvalue weighted by atomic mass is 10.2. The number of anilines is 2. The summed E-state index contributed by atoms with van der Waals surface area (Å²) in [6, 6.07) is 9.04. The molecule has 0 saturated heterocycles.